The van der Waals surface area contributed by atoms with Crippen molar-refractivity contribution < 1.29 is 27.5 Å². The first-order valence-corrected chi connectivity index (χ1v) is 11.9. The number of nitrogens with zero attached hydrogens (tertiary/aromatic N) is 2. The van der Waals surface area contributed by atoms with Crippen molar-refractivity contribution in [2.45, 2.75) is 31.5 Å². The van der Waals surface area contributed by atoms with Crippen molar-refractivity contribution in [2.24, 2.45) is 0 Å². The Hall–Kier alpha value is -3.78. The maximum atomic E-state index is 13.6. The fraction of sp³-hybridized carbons (Fsp3) is 0.241. The average molecular weight is 509 g/mol. The number of aromatic nitrogens is 1. The molecular formula is C29H24F4N2O2. The fourth-order valence-corrected chi connectivity index (χ4v) is 5.08. The molecule has 0 aliphatic carbocycles. The number of aryl methyl sites for hydroxylation is 1. The van der Waals surface area contributed by atoms with Gasteiger partial charge in [-0.15, -0.1) is 0 Å². The number of alkyl halides is 3. The summed E-state index contributed by atoms with van der Waals surface area (Å²) in [7, 11) is 0. The predicted molar refractivity (Wildman–Crippen MR) is 134 cm³/mol. The third-order valence-corrected chi connectivity index (χ3v) is 7.03. The Morgan fingerprint density at radius 1 is 0.973 bits per heavy atom. The molecule has 3 aromatic carbocycles. The van der Waals surface area contributed by atoms with Crippen LogP contribution in [0.2, 0.25) is 0 Å². The Labute approximate surface area is 211 Å². The second-order valence-corrected chi connectivity index (χ2v) is 9.37. The molecule has 0 bridgehead atoms. The summed E-state index contributed by atoms with van der Waals surface area (Å²) in [6.45, 7) is 2.42. The van der Waals surface area contributed by atoms with E-state index in [0.717, 1.165) is 23.4 Å². The topological polar surface area (TPSA) is 53.4 Å². The van der Waals surface area contributed by atoms with Gasteiger partial charge in [0.15, 0.2) is 0 Å². The van der Waals surface area contributed by atoms with Gasteiger partial charge in [-0.1, -0.05) is 42.5 Å². The van der Waals surface area contributed by atoms with Crippen molar-refractivity contribution in [3.8, 4) is 11.1 Å². The largest absolute Gasteiger partial charge is 0.454 e. The van der Waals surface area contributed by atoms with E-state index in [2.05, 4.69) is 9.88 Å². The van der Waals surface area contributed by atoms with Crippen LogP contribution in [0.1, 0.15) is 34.5 Å². The zero-order valence-corrected chi connectivity index (χ0v) is 20.0. The monoisotopic (exact) mass is 508 g/mol. The highest BCUT2D eigenvalue weighted by molar-refractivity contribution is 6.13. The standard InChI is InChI=1S/C29H24F4N2O2/c1-18-25(27(36)29(31,32)33)26(19-7-9-21(30)10-8-19)23-17-22(11-12-24(23)34-18)35-15-13-28(37,14-16-35)20-5-3-2-4-6-20/h2-12,17,37H,13-16H2,1H3. The van der Waals surface area contributed by atoms with Crippen LogP contribution < -0.4 is 4.90 Å². The highest BCUT2D eigenvalue weighted by Gasteiger charge is 2.42. The molecule has 1 saturated heterocycles. The number of anilines is 1. The number of hydrogen-bond donors (Lipinski definition) is 1. The molecule has 4 aromatic rings. The van der Waals surface area contributed by atoms with Crippen LogP contribution in [0.4, 0.5) is 23.2 Å². The number of pyridine rings is 1. The second kappa shape index (κ2) is 9.27. The summed E-state index contributed by atoms with van der Waals surface area (Å²) < 4.78 is 54.4. The minimum absolute atomic E-state index is 0.0483. The van der Waals surface area contributed by atoms with Crippen molar-refractivity contribution in [3.63, 3.8) is 0 Å². The lowest BCUT2D eigenvalue weighted by atomic mass is 9.84. The summed E-state index contributed by atoms with van der Waals surface area (Å²) >= 11 is 0. The summed E-state index contributed by atoms with van der Waals surface area (Å²) in [5.74, 6) is -2.53. The van der Waals surface area contributed by atoms with Crippen LogP contribution >= 0.6 is 0 Å². The molecule has 1 aliphatic rings. The number of ketones is 1. The second-order valence-electron chi connectivity index (χ2n) is 9.37. The van der Waals surface area contributed by atoms with Crippen LogP contribution in [0, 0.1) is 12.7 Å². The van der Waals surface area contributed by atoms with Gasteiger partial charge in [-0.05, 0) is 61.2 Å². The van der Waals surface area contributed by atoms with Gasteiger partial charge in [0.1, 0.15) is 5.82 Å². The molecule has 0 spiro atoms. The van der Waals surface area contributed by atoms with Crippen molar-refractivity contribution in [3.05, 3.63) is 95.4 Å². The van der Waals surface area contributed by atoms with E-state index in [-0.39, 0.29) is 11.3 Å². The lowest BCUT2D eigenvalue weighted by Crippen LogP contribution is -2.42. The van der Waals surface area contributed by atoms with Crippen LogP contribution in [0.25, 0.3) is 22.0 Å². The van der Waals surface area contributed by atoms with Gasteiger partial charge in [0.25, 0.3) is 5.78 Å². The fourth-order valence-electron chi connectivity index (χ4n) is 5.08. The first-order chi connectivity index (χ1) is 17.6. The van der Waals surface area contributed by atoms with E-state index in [1.807, 2.05) is 36.4 Å². The van der Waals surface area contributed by atoms with Crippen molar-refractivity contribution in [2.75, 3.05) is 18.0 Å². The summed E-state index contributed by atoms with van der Waals surface area (Å²) in [6, 6.07) is 19.8. The number of halogens is 4. The van der Waals surface area contributed by atoms with Crippen molar-refractivity contribution >= 4 is 22.4 Å². The molecule has 0 atom stereocenters. The molecule has 0 saturated carbocycles. The number of carbonyl (C=O) groups excluding carboxylic acids is 1. The average Bonchev–Trinajstić information content (AvgIpc) is 2.88. The maximum absolute atomic E-state index is 13.6. The minimum atomic E-state index is -5.10. The molecule has 1 aromatic heterocycles. The normalized spacial score (nSPS) is 15.7. The Morgan fingerprint density at radius 2 is 1.62 bits per heavy atom. The smallest absolute Gasteiger partial charge is 0.385 e. The van der Waals surface area contributed by atoms with Gasteiger partial charge < -0.3 is 10.0 Å². The summed E-state index contributed by atoms with van der Waals surface area (Å²) in [4.78, 5) is 18.9. The molecule has 0 amide bonds. The summed E-state index contributed by atoms with van der Waals surface area (Å²) in [6.07, 6.45) is -4.14. The number of piperidine rings is 1. The van der Waals surface area contributed by atoms with Crippen LogP contribution in [0.15, 0.2) is 72.8 Å². The first-order valence-electron chi connectivity index (χ1n) is 11.9. The van der Waals surface area contributed by atoms with Crippen LogP contribution in [0.5, 0.6) is 0 Å². The zero-order valence-electron chi connectivity index (χ0n) is 20.0. The Balaban J connectivity index is 1.60. The molecule has 5 rings (SSSR count). The highest BCUT2D eigenvalue weighted by atomic mass is 19.4. The Morgan fingerprint density at radius 3 is 2.24 bits per heavy atom. The molecular weight excluding hydrogens is 484 g/mol. The molecule has 4 nitrogen and oxygen atoms in total. The molecule has 2 heterocycles. The van der Waals surface area contributed by atoms with Crippen LogP contribution in [-0.4, -0.2) is 35.1 Å². The van der Waals surface area contributed by atoms with E-state index in [1.165, 1.54) is 19.1 Å². The molecule has 1 N–H and O–H groups in total. The van der Waals surface area contributed by atoms with E-state index in [0.29, 0.717) is 42.4 Å². The van der Waals surface area contributed by atoms with Crippen LogP contribution in [-0.2, 0) is 5.60 Å². The van der Waals surface area contributed by atoms with Gasteiger partial charge in [-0.3, -0.25) is 9.78 Å². The van der Waals surface area contributed by atoms with Crippen molar-refractivity contribution in [1.29, 1.82) is 0 Å². The maximum Gasteiger partial charge on any atom is 0.454 e. The predicted octanol–water partition coefficient (Wildman–Crippen LogP) is 6.58. The van der Waals surface area contributed by atoms with E-state index < -0.39 is 28.9 Å². The van der Waals surface area contributed by atoms with Gasteiger partial charge in [0.05, 0.1) is 16.7 Å². The third-order valence-electron chi connectivity index (χ3n) is 7.03. The molecule has 1 fully saturated rings. The first kappa shape index (κ1) is 24.9. The summed E-state index contributed by atoms with van der Waals surface area (Å²) in [5, 5.41) is 11.6. The minimum Gasteiger partial charge on any atom is -0.385 e. The van der Waals surface area contributed by atoms with E-state index >= 15 is 0 Å². The molecule has 0 radical (unpaired) electrons. The molecule has 1 aliphatic heterocycles. The molecule has 0 unspecified atom stereocenters. The highest BCUT2D eigenvalue weighted by Crippen LogP contribution is 2.39. The molecule has 190 valence electrons. The number of carbonyl (C=O) groups is 1. The number of hydrogen-bond acceptors (Lipinski definition) is 4. The number of benzene rings is 3. The molecule has 37 heavy (non-hydrogen) atoms. The van der Waals surface area contributed by atoms with Gasteiger partial charge in [-0.25, -0.2) is 4.39 Å². The quantitative estimate of drug-likeness (QED) is 0.250. The number of fused-ring (bicyclic) bond motifs is 1. The molecule has 8 heteroatoms. The van der Waals surface area contributed by atoms with Gasteiger partial charge in [0, 0.05) is 35.4 Å². The number of aliphatic hydroxyl groups is 1. The third kappa shape index (κ3) is 4.69. The van der Waals surface area contributed by atoms with Crippen molar-refractivity contribution in [1.82, 2.24) is 4.98 Å². The SMILES string of the molecule is Cc1nc2ccc(N3CCC(O)(c4ccccc4)CC3)cc2c(-c2ccc(F)cc2)c1C(=O)C(F)(F)F. The van der Waals surface area contributed by atoms with Gasteiger partial charge in [0.2, 0.25) is 0 Å². The van der Waals surface area contributed by atoms with Gasteiger partial charge in [-0.2, -0.15) is 13.2 Å². The van der Waals surface area contributed by atoms with E-state index in [4.69, 9.17) is 0 Å². The van der Waals surface area contributed by atoms with Gasteiger partial charge >= 0.3 is 6.18 Å². The van der Waals surface area contributed by atoms with E-state index in [9.17, 15) is 27.5 Å². The summed E-state index contributed by atoms with van der Waals surface area (Å²) in [5.41, 5.74) is 0.830. The van der Waals surface area contributed by atoms with Crippen LogP contribution in [0.3, 0.4) is 0 Å². The lowest BCUT2D eigenvalue weighted by molar-refractivity contribution is -0.0885. The Kier molecular flexibility index (Phi) is 6.23. The van der Waals surface area contributed by atoms with E-state index in [1.54, 1.807) is 12.1 Å². The number of Topliss-reactive ketones (excluding diaryl/α,β-unsaturated/α-hetero) is 1. The Bertz CT molecular complexity index is 1460. The number of rotatable bonds is 4. The lowest BCUT2D eigenvalue weighted by Gasteiger charge is -2.39. The zero-order chi connectivity index (χ0) is 26.4.